The van der Waals surface area contributed by atoms with Crippen molar-refractivity contribution < 1.29 is 9.32 Å². The lowest BCUT2D eigenvalue weighted by atomic mass is 10.1. The van der Waals surface area contributed by atoms with Gasteiger partial charge in [0.1, 0.15) is 0 Å². The molecule has 3 rings (SSSR count). The Balaban J connectivity index is 1.68. The van der Waals surface area contributed by atoms with Crippen molar-refractivity contribution in [2.45, 2.75) is 26.8 Å². The van der Waals surface area contributed by atoms with Crippen molar-refractivity contribution in [2.75, 3.05) is 12.8 Å². The molecule has 0 saturated heterocycles. The Hall–Kier alpha value is -3.36. The molecule has 1 amide bonds. The Morgan fingerprint density at radius 2 is 1.96 bits per heavy atom. The molecule has 134 valence electrons. The van der Waals surface area contributed by atoms with Crippen LogP contribution in [0.15, 0.2) is 29.0 Å². The molecule has 0 aliphatic carbocycles. The molecular formula is C17H19N7O2. The lowest BCUT2D eigenvalue weighted by Crippen LogP contribution is -2.28. The maximum atomic E-state index is 12.5. The van der Waals surface area contributed by atoms with Crippen molar-refractivity contribution >= 4 is 11.9 Å². The van der Waals surface area contributed by atoms with Gasteiger partial charge < -0.3 is 15.2 Å². The molecule has 9 nitrogen and oxygen atoms in total. The molecule has 3 heterocycles. The van der Waals surface area contributed by atoms with E-state index in [1.807, 2.05) is 19.9 Å². The predicted molar refractivity (Wildman–Crippen MR) is 93.6 cm³/mol. The van der Waals surface area contributed by atoms with Crippen LogP contribution in [0.5, 0.6) is 0 Å². The number of hydrogen-bond donors (Lipinski definition) is 1. The molecule has 0 radical (unpaired) electrons. The first-order valence-corrected chi connectivity index (χ1v) is 8.00. The van der Waals surface area contributed by atoms with Gasteiger partial charge in [-0.2, -0.15) is 4.98 Å². The number of amides is 1. The van der Waals surface area contributed by atoms with Crippen LogP contribution in [-0.4, -0.2) is 42.9 Å². The van der Waals surface area contributed by atoms with E-state index < -0.39 is 0 Å². The lowest BCUT2D eigenvalue weighted by Gasteiger charge is -2.16. The highest BCUT2D eigenvalue weighted by Gasteiger charge is 2.18. The van der Waals surface area contributed by atoms with E-state index in [0.717, 1.165) is 11.1 Å². The molecule has 0 spiro atoms. The topological polar surface area (TPSA) is 124 Å². The highest BCUT2D eigenvalue weighted by atomic mass is 16.5. The monoisotopic (exact) mass is 353 g/mol. The number of pyridine rings is 1. The number of rotatable bonds is 5. The van der Waals surface area contributed by atoms with Gasteiger partial charge in [-0.15, -0.1) is 0 Å². The number of nitrogen functional groups attached to an aromatic ring is 1. The third-order valence-electron chi connectivity index (χ3n) is 3.95. The first-order valence-electron chi connectivity index (χ1n) is 8.00. The number of aromatic nitrogens is 5. The number of aryl methyl sites for hydroxylation is 2. The summed E-state index contributed by atoms with van der Waals surface area (Å²) in [6, 6.07) is 3.63. The molecule has 0 atom stereocenters. The molecule has 2 N–H and O–H groups in total. The fraction of sp³-hybridized carbons (Fsp3) is 0.294. The molecule has 0 saturated carbocycles. The van der Waals surface area contributed by atoms with Gasteiger partial charge in [0.05, 0.1) is 13.0 Å². The zero-order valence-corrected chi connectivity index (χ0v) is 14.8. The number of anilines is 1. The standard InChI is InChI=1S/C17H19N7O2/c1-10-13(11(2)21-17(18)20-10)7-15(25)24(3)9-14-22-16(23-26-14)12-5-4-6-19-8-12/h4-6,8H,7,9H2,1-3H3,(H2,18,20,21). The second kappa shape index (κ2) is 7.26. The van der Waals surface area contributed by atoms with Crippen molar-refractivity contribution in [3.8, 4) is 11.4 Å². The van der Waals surface area contributed by atoms with E-state index in [4.69, 9.17) is 10.3 Å². The molecular weight excluding hydrogens is 334 g/mol. The third-order valence-corrected chi connectivity index (χ3v) is 3.95. The van der Waals surface area contributed by atoms with Gasteiger partial charge in [-0.05, 0) is 26.0 Å². The average molecular weight is 353 g/mol. The summed E-state index contributed by atoms with van der Waals surface area (Å²) in [5.74, 6) is 0.887. The summed E-state index contributed by atoms with van der Waals surface area (Å²) in [4.78, 5) is 30.6. The zero-order chi connectivity index (χ0) is 18.7. The van der Waals surface area contributed by atoms with E-state index in [9.17, 15) is 4.79 Å². The SMILES string of the molecule is Cc1nc(N)nc(C)c1CC(=O)N(C)Cc1nc(-c2cccnc2)no1. The highest BCUT2D eigenvalue weighted by Crippen LogP contribution is 2.16. The number of hydrogen-bond acceptors (Lipinski definition) is 8. The Morgan fingerprint density at radius 3 is 2.62 bits per heavy atom. The number of nitrogens with zero attached hydrogens (tertiary/aromatic N) is 6. The van der Waals surface area contributed by atoms with Gasteiger partial charge in [0.25, 0.3) is 0 Å². The molecule has 26 heavy (non-hydrogen) atoms. The van der Waals surface area contributed by atoms with Crippen LogP contribution < -0.4 is 5.73 Å². The van der Waals surface area contributed by atoms with Crippen LogP contribution >= 0.6 is 0 Å². The molecule has 3 aromatic heterocycles. The highest BCUT2D eigenvalue weighted by molar-refractivity contribution is 5.79. The minimum absolute atomic E-state index is 0.106. The lowest BCUT2D eigenvalue weighted by molar-refractivity contribution is -0.130. The van der Waals surface area contributed by atoms with Crippen molar-refractivity contribution in [2.24, 2.45) is 0 Å². The second-order valence-corrected chi connectivity index (χ2v) is 5.91. The number of nitrogens with two attached hydrogens (primary N) is 1. The minimum Gasteiger partial charge on any atom is -0.368 e. The van der Waals surface area contributed by atoms with Crippen LogP contribution in [0.2, 0.25) is 0 Å². The Kier molecular flexibility index (Phi) is 4.87. The van der Waals surface area contributed by atoms with Crippen LogP contribution in [0.25, 0.3) is 11.4 Å². The fourth-order valence-electron chi connectivity index (χ4n) is 2.53. The van der Waals surface area contributed by atoms with Gasteiger partial charge in [0.15, 0.2) is 0 Å². The van der Waals surface area contributed by atoms with Gasteiger partial charge in [0.2, 0.25) is 23.6 Å². The summed E-state index contributed by atoms with van der Waals surface area (Å²) >= 11 is 0. The smallest absolute Gasteiger partial charge is 0.246 e. The predicted octanol–water partition coefficient (Wildman–Crippen LogP) is 1.32. The number of carbonyl (C=O) groups excluding carboxylic acids is 1. The average Bonchev–Trinajstić information content (AvgIpc) is 3.07. The Bertz CT molecular complexity index is 901. The maximum absolute atomic E-state index is 12.5. The quantitative estimate of drug-likeness (QED) is 0.728. The van der Waals surface area contributed by atoms with Crippen LogP contribution in [0.3, 0.4) is 0 Å². The van der Waals surface area contributed by atoms with E-state index >= 15 is 0 Å². The van der Waals surface area contributed by atoms with Crippen LogP contribution in [-0.2, 0) is 17.8 Å². The fourth-order valence-corrected chi connectivity index (χ4v) is 2.53. The van der Waals surface area contributed by atoms with Crippen LogP contribution in [0, 0.1) is 13.8 Å². The third kappa shape index (κ3) is 3.82. The summed E-state index contributed by atoms with van der Waals surface area (Å²) < 4.78 is 5.23. The second-order valence-electron chi connectivity index (χ2n) is 5.91. The van der Waals surface area contributed by atoms with Crippen molar-refractivity contribution in [3.05, 3.63) is 47.4 Å². The summed E-state index contributed by atoms with van der Waals surface area (Å²) in [5, 5.41) is 3.92. The summed E-state index contributed by atoms with van der Waals surface area (Å²) in [6.07, 6.45) is 3.50. The number of likely N-dealkylation sites (N-methyl/N-ethyl adjacent to an activating group) is 1. The van der Waals surface area contributed by atoms with E-state index in [-0.39, 0.29) is 24.8 Å². The van der Waals surface area contributed by atoms with Crippen LogP contribution in [0.1, 0.15) is 22.8 Å². The molecule has 0 aliphatic rings. The maximum Gasteiger partial charge on any atom is 0.246 e. The van der Waals surface area contributed by atoms with E-state index in [1.54, 1.807) is 25.5 Å². The summed E-state index contributed by atoms with van der Waals surface area (Å²) in [7, 11) is 1.68. The molecule has 0 fully saturated rings. The van der Waals surface area contributed by atoms with Crippen molar-refractivity contribution in [3.63, 3.8) is 0 Å². The van der Waals surface area contributed by atoms with Gasteiger partial charge in [-0.1, -0.05) is 5.16 Å². The molecule has 0 unspecified atom stereocenters. The van der Waals surface area contributed by atoms with Gasteiger partial charge in [0, 0.05) is 42.0 Å². The molecule has 3 aromatic rings. The Morgan fingerprint density at radius 1 is 1.23 bits per heavy atom. The molecule has 0 aliphatic heterocycles. The van der Waals surface area contributed by atoms with E-state index in [0.29, 0.717) is 23.1 Å². The van der Waals surface area contributed by atoms with Gasteiger partial charge in [-0.3, -0.25) is 9.78 Å². The normalized spacial score (nSPS) is 10.7. The largest absolute Gasteiger partial charge is 0.368 e. The first-order chi connectivity index (χ1) is 12.4. The van der Waals surface area contributed by atoms with Crippen LogP contribution in [0.4, 0.5) is 5.95 Å². The zero-order valence-electron chi connectivity index (χ0n) is 14.8. The van der Waals surface area contributed by atoms with Crippen molar-refractivity contribution in [1.82, 2.24) is 30.0 Å². The molecule has 0 aromatic carbocycles. The molecule has 9 heteroatoms. The summed E-state index contributed by atoms with van der Waals surface area (Å²) in [6.45, 7) is 3.83. The minimum atomic E-state index is -0.106. The summed E-state index contributed by atoms with van der Waals surface area (Å²) in [5.41, 5.74) is 8.55. The van der Waals surface area contributed by atoms with Gasteiger partial charge in [-0.25, -0.2) is 9.97 Å². The van der Waals surface area contributed by atoms with E-state index in [1.165, 1.54) is 4.90 Å². The van der Waals surface area contributed by atoms with E-state index in [2.05, 4.69) is 25.1 Å². The Labute approximate surface area is 150 Å². The van der Waals surface area contributed by atoms with Gasteiger partial charge >= 0.3 is 0 Å². The first kappa shape index (κ1) is 17.5. The molecule has 0 bridgehead atoms. The van der Waals surface area contributed by atoms with Crippen molar-refractivity contribution in [1.29, 1.82) is 0 Å². The number of carbonyl (C=O) groups is 1.